The van der Waals surface area contributed by atoms with Gasteiger partial charge in [-0.1, -0.05) is 18.5 Å². The highest BCUT2D eigenvalue weighted by atomic mass is 35.5. The summed E-state index contributed by atoms with van der Waals surface area (Å²) in [5, 5.41) is 0.683. The van der Waals surface area contributed by atoms with Gasteiger partial charge in [-0.2, -0.15) is 0 Å². The first-order valence-electron chi connectivity index (χ1n) is 5.90. The monoisotopic (exact) mass is 257 g/mol. The number of pyridine rings is 1. The van der Waals surface area contributed by atoms with Gasteiger partial charge in [-0.15, -0.1) is 0 Å². The Hall–Kier alpha value is -0.680. The highest BCUT2D eigenvalue weighted by Crippen LogP contribution is 2.16. The van der Waals surface area contributed by atoms with Crippen LogP contribution in [0.2, 0.25) is 5.02 Å². The molecule has 0 amide bonds. The highest BCUT2D eigenvalue weighted by molar-refractivity contribution is 6.31. The van der Waals surface area contributed by atoms with E-state index in [1.54, 1.807) is 12.4 Å². The van der Waals surface area contributed by atoms with E-state index in [1.165, 1.54) is 0 Å². The number of nitrogens with two attached hydrogens (primary N) is 1. The summed E-state index contributed by atoms with van der Waals surface area (Å²) in [7, 11) is 0. The SMILES string of the molecule is CCCOCCC(Cc1ccncc1Cl)NN. The van der Waals surface area contributed by atoms with E-state index in [4.69, 9.17) is 22.2 Å². The maximum Gasteiger partial charge on any atom is 0.0621 e. The number of ether oxygens (including phenoxy) is 1. The molecule has 1 rings (SSSR count). The van der Waals surface area contributed by atoms with Gasteiger partial charge in [0.05, 0.1) is 5.02 Å². The van der Waals surface area contributed by atoms with Crippen LogP contribution in [0.3, 0.4) is 0 Å². The zero-order valence-corrected chi connectivity index (χ0v) is 10.9. The van der Waals surface area contributed by atoms with Gasteiger partial charge in [0, 0.05) is 31.6 Å². The lowest BCUT2D eigenvalue weighted by Gasteiger charge is -2.16. The van der Waals surface area contributed by atoms with Crippen LogP contribution in [-0.4, -0.2) is 24.2 Å². The Morgan fingerprint density at radius 1 is 1.53 bits per heavy atom. The number of nitrogens with zero attached hydrogens (tertiary/aromatic N) is 1. The lowest BCUT2D eigenvalue weighted by Crippen LogP contribution is -2.37. The zero-order chi connectivity index (χ0) is 12.5. The fourth-order valence-corrected chi connectivity index (χ4v) is 1.75. The summed E-state index contributed by atoms with van der Waals surface area (Å²) in [5.74, 6) is 5.52. The molecule has 0 saturated carbocycles. The van der Waals surface area contributed by atoms with E-state index < -0.39 is 0 Å². The first-order valence-corrected chi connectivity index (χ1v) is 6.28. The van der Waals surface area contributed by atoms with Crippen molar-refractivity contribution >= 4 is 11.6 Å². The number of halogens is 1. The van der Waals surface area contributed by atoms with Crippen molar-refractivity contribution in [1.29, 1.82) is 0 Å². The molecule has 0 radical (unpaired) electrons. The van der Waals surface area contributed by atoms with Crippen LogP contribution in [0.1, 0.15) is 25.3 Å². The second kappa shape index (κ2) is 8.42. The van der Waals surface area contributed by atoms with Crippen LogP contribution in [0.15, 0.2) is 18.5 Å². The summed E-state index contributed by atoms with van der Waals surface area (Å²) in [6.45, 7) is 3.61. The molecule has 17 heavy (non-hydrogen) atoms. The number of hydrogen-bond acceptors (Lipinski definition) is 4. The molecular weight excluding hydrogens is 238 g/mol. The standard InChI is InChI=1S/C12H20ClN3O/c1-2-6-17-7-4-11(16-14)8-10-3-5-15-9-12(10)13/h3,5,9,11,16H,2,4,6-8,14H2,1H3. The molecule has 0 saturated heterocycles. The summed E-state index contributed by atoms with van der Waals surface area (Å²) in [6.07, 6.45) is 6.08. The Bertz CT molecular complexity index is 322. The fourth-order valence-electron chi connectivity index (χ4n) is 1.55. The summed E-state index contributed by atoms with van der Waals surface area (Å²) in [5.41, 5.74) is 3.85. The Balaban J connectivity index is 2.38. The molecule has 4 nitrogen and oxygen atoms in total. The molecule has 0 spiro atoms. The maximum atomic E-state index is 6.05. The van der Waals surface area contributed by atoms with Crippen molar-refractivity contribution in [3.63, 3.8) is 0 Å². The van der Waals surface area contributed by atoms with Crippen LogP contribution < -0.4 is 11.3 Å². The molecule has 1 unspecified atom stereocenters. The van der Waals surface area contributed by atoms with E-state index in [0.717, 1.165) is 31.4 Å². The zero-order valence-electron chi connectivity index (χ0n) is 10.2. The third-order valence-corrected chi connectivity index (χ3v) is 2.86. The van der Waals surface area contributed by atoms with Crippen LogP contribution in [0.4, 0.5) is 0 Å². The lowest BCUT2D eigenvalue weighted by molar-refractivity contribution is 0.124. The fraction of sp³-hybridized carbons (Fsp3) is 0.583. The van der Waals surface area contributed by atoms with Crippen molar-refractivity contribution in [2.75, 3.05) is 13.2 Å². The van der Waals surface area contributed by atoms with Gasteiger partial charge in [0.2, 0.25) is 0 Å². The van der Waals surface area contributed by atoms with Gasteiger partial charge >= 0.3 is 0 Å². The molecule has 1 heterocycles. The number of nitrogens with one attached hydrogen (secondary N) is 1. The van der Waals surface area contributed by atoms with Gasteiger partial charge in [-0.05, 0) is 30.9 Å². The molecule has 3 N–H and O–H groups in total. The van der Waals surface area contributed by atoms with E-state index in [0.29, 0.717) is 11.6 Å². The largest absolute Gasteiger partial charge is 0.381 e. The van der Waals surface area contributed by atoms with Gasteiger partial charge in [0.25, 0.3) is 0 Å². The molecule has 0 aliphatic heterocycles. The quantitative estimate of drug-likeness (QED) is 0.424. The summed E-state index contributed by atoms with van der Waals surface area (Å²) in [6, 6.07) is 2.09. The van der Waals surface area contributed by atoms with Crippen LogP contribution in [0.25, 0.3) is 0 Å². The van der Waals surface area contributed by atoms with Crippen molar-refractivity contribution < 1.29 is 4.74 Å². The second-order valence-corrected chi connectivity index (χ2v) is 4.34. The van der Waals surface area contributed by atoms with Crippen LogP contribution >= 0.6 is 11.6 Å². The molecule has 0 aromatic carbocycles. The lowest BCUT2D eigenvalue weighted by atomic mass is 10.1. The number of aromatic nitrogens is 1. The van der Waals surface area contributed by atoms with E-state index in [-0.39, 0.29) is 6.04 Å². The van der Waals surface area contributed by atoms with Gasteiger partial charge in [-0.25, -0.2) is 0 Å². The Morgan fingerprint density at radius 3 is 3.00 bits per heavy atom. The predicted octanol–water partition coefficient (Wildman–Crippen LogP) is 1.93. The van der Waals surface area contributed by atoms with Crippen molar-refractivity contribution in [2.24, 2.45) is 5.84 Å². The van der Waals surface area contributed by atoms with Gasteiger partial charge in [0.15, 0.2) is 0 Å². The Labute approximate surface area is 107 Å². The minimum atomic E-state index is 0.173. The Morgan fingerprint density at radius 2 is 2.35 bits per heavy atom. The number of hydrazine groups is 1. The highest BCUT2D eigenvalue weighted by Gasteiger charge is 2.09. The first kappa shape index (κ1) is 14.4. The van der Waals surface area contributed by atoms with E-state index in [2.05, 4.69) is 17.3 Å². The van der Waals surface area contributed by atoms with Crippen molar-refractivity contribution in [3.8, 4) is 0 Å². The molecule has 96 valence electrons. The van der Waals surface area contributed by atoms with Crippen molar-refractivity contribution in [2.45, 2.75) is 32.2 Å². The van der Waals surface area contributed by atoms with Crippen LogP contribution in [0, 0.1) is 0 Å². The maximum absolute atomic E-state index is 6.05. The van der Waals surface area contributed by atoms with Gasteiger partial charge < -0.3 is 4.74 Å². The summed E-state index contributed by atoms with van der Waals surface area (Å²) >= 11 is 6.05. The smallest absolute Gasteiger partial charge is 0.0621 e. The van der Waals surface area contributed by atoms with Crippen molar-refractivity contribution in [3.05, 3.63) is 29.0 Å². The molecule has 0 aliphatic carbocycles. The molecule has 1 aromatic heterocycles. The molecule has 5 heteroatoms. The number of hydrogen-bond donors (Lipinski definition) is 2. The second-order valence-electron chi connectivity index (χ2n) is 3.94. The molecule has 0 fully saturated rings. The van der Waals surface area contributed by atoms with E-state index >= 15 is 0 Å². The van der Waals surface area contributed by atoms with Crippen molar-refractivity contribution in [1.82, 2.24) is 10.4 Å². The Kier molecular flexibility index (Phi) is 7.12. The molecular formula is C12H20ClN3O. The van der Waals surface area contributed by atoms with Crippen LogP contribution in [0.5, 0.6) is 0 Å². The topological polar surface area (TPSA) is 60.2 Å². The molecule has 1 aromatic rings. The van der Waals surface area contributed by atoms with Gasteiger partial charge in [0.1, 0.15) is 0 Å². The third kappa shape index (κ3) is 5.46. The van der Waals surface area contributed by atoms with Gasteiger partial charge in [-0.3, -0.25) is 16.3 Å². The minimum absolute atomic E-state index is 0.173. The first-order chi connectivity index (χ1) is 8.27. The third-order valence-electron chi connectivity index (χ3n) is 2.52. The average molecular weight is 258 g/mol. The summed E-state index contributed by atoms with van der Waals surface area (Å²) < 4.78 is 5.44. The molecule has 0 bridgehead atoms. The van der Waals surface area contributed by atoms with Crippen LogP contribution in [-0.2, 0) is 11.2 Å². The van der Waals surface area contributed by atoms with E-state index in [9.17, 15) is 0 Å². The summed E-state index contributed by atoms with van der Waals surface area (Å²) in [4.78, 5) is 3.96. The minimum Gasteiger partial charge on any atom is -0.381 e. The van der Waals surface area contributed by atoms with E-state index in [1.807, 2.05) is 6.07 Å². The normalized spacial score (nSPS) is 12.6. The molecule has 1 atom stereocenters. The number of rotatable bonds is 8. The average Bonchev–Trinajstić information content (AvgIpc) is 2.35. The molecule has 0 aliphatic rings. The predicted molar refractivity (Wildman–Crippen MR) is 69.8 cm³/mol.